The van der Waals surface area contributed by atoms with Gasteiger partial charge in [0.15, 0.2) is 10.8 Å². The van der Waals surface area contributed by atoms with Crippen LogP contribution in [0.4, 0.5) is 18.3 Å². The first-order valence-corrected chi connectivity index (χ1v) is 15.3. The summed E-state index contributed by atoms with van der Waals surface area (Å²) in [6.45, 7) is 2.66. The van der Waals surface area contributed by atoms with Crippen molar-refractivity contribution in [3.8, 4) is 0 Å². The van der Waals surface area contributed by atoms with Crippen molar-refractivity contribution in [2.24, 2.45) is 11.1 Å². The number of piperidine rings is 1. The first kappa shape index (κ1) is 31.5. The van der Waals surface area contributed by atoms with E-state index in [0.717, 1.165) is 53.9 Å². The fourth-order valence-electron chi connectivity index (χ4n) is 5.31. The summed E-state index contributed by atoms with van der Waals surface area (Å²) in [5, 5.41) is 18.3. The minimum Gasteiger partial charge on any atom is -0.410 e. The minimum atomic E-state index is -5.48. The number of halogens is 3. The number of allylic oxidation sites excluding steroid dienone is 1. The molecule has 44 heavy (non-hydrogen) atoms. The number of nitrogen functional groups attached to an aromatic ring is 1. The standard InChI is InChI=1S/C25H26F3N7O7S2/c26-25(27,28)23(40)42-22(39)17-13(7-12-3-6-34(19(12)37)8-11-1-4-30-5-2-11)9-43-21-16(20(38)35(17)21)32-18(36)15(33-41)14-10-44-24(29)31-14/h7,10-11,16,21,30,41H,1-6,8-9H2,(H2,29,31)(H,32,36)/b12-7?,33-15-/t16-,21-/m1/s1. The number of esters is 2. The topological polar surface area (TPSA) is 197 Å². The second kappa shape index (κ2) is 12.6. The van der Waals surface area contributed by atoms with Gasteiger partial charge in [-0.2, -0.15) is 13.2 Å². The van der Waals surface area contributed by atoms with Crippen molar-refractivity contribution in [2.75, 3.05) is 37.7 Å². The Balaban J connectivity index is 1.38. The summed E-state index contributed by atoms with van der Waals surface area (Å²) >= 11 is 2.03. The summed E-state index contributed by atoms with van der Waals surface area (Å²) in [7, 11) is 0. The van der Waals surface area contributed by atoms with Crippen molar-refractivity contribution >= 4 is 63.6 Å². The number of fused-ring (bicyclic) bond motifs is 1. The minimum absolute atomic E-state index is 0.0203. The Labute approximate surface area is 255 Å². The fourth-order valence-corrected chi connectivity index (χ4v) is 7.17. The number of thiazole rings is 1. The normalized spacial score (nSPS) is 24.0. The van der Waals surface area contributed by atoms with Crippen LogP contribution in [0.25, 0.3) is 0 Å². The molecule has 236 valence electrons. The molecule has 2 atom stereocenters. The molecule has 5 N–H and O–H groups in total. The summed E-state index contributed by atoms with van der Waals surface area (Å²) in [6, 6.07) is -1.29. The van der Waals surface area contributed by atoms with E-state index in [0.29, 0.717) is 31.0 Å². The highest BCUT2D eigenvalue weighted by Crippen LogP contribution is 2.42. The van der Waals surface area contributed by atoms with Crippen LogP contribution in [0.15, 0.2) is 33.5 Å². The van der Waals surface area contributed by atoms with Crippen LogP contribution in [0, 0.1) is 5.92 Å². The van der Waals surface area contributed by atoms with E-state index >= 15 is 0 Å². The van der Waals surface area contributed by atoms with Gasteiger partial charge in [-0.15, -0.1) is 23.1 Å². The number of amides is 3. The van der Waals surface area contributed by atoms with Gasteiger partial charge in [-0.3, -0.25) is 19.3 Å². The van der Waals surface area contributed by atoms with Crippen molar-refractivity contribution in [2.45, 2.75) is 36.9 Å². The average Bonchev–Trinajstić information content (AvgIpc) is 3.56. The van der Waals surface area contributed by atoms with E-state index in [9.17, 15) is 42.4 Å². The quantitative estimate of drug-likeness (QED) is 0.0601. The smallest absolute Gasteiger partial charge is 0.410 e. The summed E-state index contributed by atoms with van der Waals surface area (Å²) in [6.07, 6.45) is -2.00. The molecule has 0 aromatic carbocycles. The van der Waals surface area contributed by atoms with Gasteiger partial charge < -0.3 is 31.2 Å². The zero-order valence-corrected chi connectivity index (χ0v) is 24.4. The van der Waals surface area contributed by atoms with E-state index in [1.54, 1.807) is 4.90 Å². The largest absolute Gasteiger partial charge is 0.491 e. The van der Waals surface area contributed by atoms with Crippen LogP contribution in [-0.2, 0) is 28.7 Å². The van der Waals surface area contributed by atoms with Gasteiger partial charge in [-0.1, -0.05) is 5.16 Å². The van der Waals surface area contributed by atoms with Crippen LogP contribution in [-0.4, -0.2) is 105 Å². The Hall–Kier alpha value is -3.97. The Kier molecular flexibility index (Phi) is 8.98. The molecule has 0 unspecified atom stereocenters. The third kappa shape index (κ3) is 6.29. The van der Waals surface area contributed by atoms with Gasteiger partial charge in [-0.05, 0) is 49.9 Å². The predicted octanol–water partition coefficient (Wildman–Crippen LogP) is 0.348. The van der Waals surface area contributed by atoms with Crippen molar-refractivity contribution in [1.29, 1.82) is 0 Å². The lowest BCUT2D eigenvalue weighted by atomic mass is 9.97. The zero-order valence-electron chi connectivity index (χ0n) is 22.8. The number of oxime groups is 1. The number of likely N-dealkylation sites (tertiary alicyclic amines) is 1. The summed E-state index contributed by atoms with van der Waals surface area (Å²) in [5.74, 6) is -6.45. The van der Waals surface area contributed by atoms with Crippen LogP contribution >= 0.6 is 23.1 Å². The van der Waals surface area contributed by atoms with Gasteiger partial charge in [-0.25, -0.2) is 14.6 Å². The Morgan fingerprint density at radius 1 is 1.27 bits per heavy atom. The molecule has 1 aromatic rings. The molecule has 0 saturated carbocycles. The number of anilines is 1. The van der Waals surface area contributed by atoms with E-state index in [-0.39, 0.29) is 28.1 Å². The Bertz CT molecular complexity index is 1490. The maximum atomic E-state index is 13.2. The fraction of sp³-hybridized carbons (Fsp3) is 0.480. The predicted molar refractivity (Wildman–Crippen MR) is 149 cm³/mol. The van der Waals surface area contributed by atoms with E-state index < -0.39 is 52.8 Å². The van der Waals surface area contributed by atoms with E-state index in [1.807, 2.05) is 0 Å². The number of aromatic nitrogens is 1. The molecule has 3 saturated heterocycles. The lowest BCUT2D eigenvalue weighted by Crippen LogP contribution is -2.71. The van der Waals surface area contributed by atoms with Crippen molar-refractivity contribution < 1.29 is 47.1 Å². The SMILES string of the molecule is Nc1nc(/C(=N/O)C(=O)N[C@@H]2C(=O)N3C(C(=O)OC(=O)C(F)(F)F)=C(C=C4CCN(CC5CCNCC5)C4=O)CS[C@H]23)cs1. The molecule has 3 fully saturated rings. The Morgan fingerprint density at radius 2 is 2.00 bits per heavy atom. The molecule has 0 spiro atoms. The number of ether oxygens (including phenoxy) is 1. The molecule has 3 amide bonds. The highest BCUT2D eigenvalue weighted by atomic mass is 32.2. The lowest BCUT2D eigenvalue weighted by molar-refractivity contribution is -0.201. The third-order valence-electron chi connectivity index (χ3n) is 7.47. The number of carbonyl (C=O) groups is 5. The van der Waals surface area contributed by atoms with Crippen LogP contribution < -0.4 is 16.4 Å². The summed E-state index contributed by atoms with van der Waals surface area (Å²) in [4.78, 5) is 70.0. The number of thioether (sulfide) groups is 1. The van der Waals surface area contributed by atoms with Crippen molar-refractivity contribution in [3.05, 3.63) is 34.0 Å². The van der Waals surface area contributed by atoms with Crippen LogP contribution in [0.5, 0.6) is 0 Å². The van der Waals surface area contributed by atoms with Crippen molar-refractivity contribution in [3.63, 3.8) is 0 Å². The number of nitrogens with zero attached hydrogens (tertiary/aromatic N) is 4. The van der Waals surface area contributed by atoms with E-state index in [2.05, 4.69) is 25.5 Å². The third-order valence-corrected chi connectivity index (χ3v) is 9.45. The molecule has 0 bridgehead atoms. The molecule has 4 aliphatic heterocycles. The summed E-state index contributed by atoms with van der Waals surface area (Å²) in [5.41, 5.74) is 4.62. The maximum Gasteiger partial charge on any atom is 0.491 e. The van der Waals surface area contributed by atoms with Crippen LogP contribution in [0.1, 0.15) is 25.0 Å². The number of hydrogen-bond donors (Lipinski definition) is 4. The van der Waals surface area contributed by atoms with E-state index in [1.165, 1.54) is 11.5 Å². The van der Waals surface area contributed by atoms with Gasteiger partial charge in [0.05, 0.1) is 0 Å². The number of hydrogen-bond acceptors (Lipinski definition) is 13. The number of β-lactam (4-membered cyclic amide) rings is 1. The molecule has 14 nitrogen and oxygen atoms in total. The molecule has 0 radical (unpaired) electrons. The molecule has 1 aromatic heterocycles. The molecule has 5 heterocycles. The molecule has 4 aliphatic rings. The molecule has 0 aliphatic carbocycles. The Morgan fingerprint density at radius 3 is 2.64 bits per heavy atom. The maximum absolute atomic E-state index is 13.2. The van der Waals surface area contributed by atoms with Gasteiger partial charge in [0.1, 0.15) is 22.8 Å². The average molecular weight is 658 g/mol. The highest BCUT2D eigenvalue weighted by molar-refractivity contribution is 8.00. The summed E-state index contributed by atoms with van der Waals surface area (Å²) < 4.78 is 42.8. The van der Waals surface area contributed by atoms with Gasteiger partial charge in [0.25, 0.3) is 11.8 Å². The van der Waals surface area contributed by atoms with Crippen molar-refractivity contribution in [1.82, 2.24) is 25.4 Å². The monoisotopic (exact) mass is 657 g/mol. The molecule has 19 heteroatoms. The van der Waals surface area contributed by atoms with Crippen LogP contribution in [0.3, 0.4) is 0 Å². The number of nitrogens with one attached hydrogen (secondary N) is 2. The molecule has 5 rings (SSSR count). The first-order chi connectivity index (χ1) is 20.9. The second-order valence-electron chi connectivity index (χ2n) is 10.3. The second-order valence-corrected chi connectivity index (χ2v) is 12.3. The number of alkyl halides is 3. The molecular formula is C25H26F3N7O7S2. The molecular weight excluding hydrogens is 631 g/mol. The first-order valence-electron chi connectivity index (χ1n) is 13.3. The number of nitrogens with two attached hydrogens (primary N) is 1. The van der Waals surface area contributed by atoms with Gasteiger partial charge in [0, 0.05) is 29.8 Å². The van der Waals surface area contributed by atoms with E-state index in [4.69, 9.17) is 5.73 Å². The van der Waals surface area contributed by atoms with Crippen LogP contribution in [0.2, 0.25) is 0 Å². The number of carbonyl (C=O) groups excluding carboxylic acids is 5. The zero-order chi connectivity index (χ0) is 31.8. The lowest BCUT2D eigenvalue weighted by Gasteiger charge is -2.49. The van der Waals surface area contributed by atoms with Gasteiger partial charge >= 0.3 is 18.1 Å². The highest BCUT2D eigenvalue weighted by Gasteiger charge is 2.55. The van der Waals surface area contributed by atoms with Gasteiger partial charge in [0.2, 0.25) is 5.91 Å². The number of rotatable bonds is 7.